The molecule has 1 saturated heterocycles. The van der Waals surface area contributed by atoms with Crippen LogP contribution in [0.3, 0.4) is 0 Å². The van der Waals surface area contributed by atoms with Gasteiger partial charge >= 0.3 is 6.03 Å². The highest BCUT2D eigenvalue weighted by molar-refractivity contribution is 5.96. The lowest BCUT2D eigenvalue weighted by Gasteiger charge is -2.34. The lowest BCUT2D eigenvalue weighted by molar-refractivity contribution is -0.128. The molecular formula is C25H37N5O2. The van der Waals surface area contributed by atoms with E-state index >= 15 is 0 Å². The molecule has 0 aromatic heterocycles. The van der Waals surface area contributed by atoms with Gasteiger partial charge in [-0.25, -0.2) is 4.79 Å². The average molecular weight is 440 g/mol. The van der Waals surface area contributed by atoms with Gasteiger partial charge in [-0.1, -0.05) is 44.5 Å². The number of nitrogens with one attached hydrogen (secondary N) is 4. The quantitative estimate of drug-likeness (QED) is 0.501. The molecule has 7 nitrogen and oxygen atoms in total. The minimum Gasteiger partial charge on any atom is -0.364 e. The summed E-state index contributed by atoms with van der Waals surface area (Å²) in [6.07, 6.45) is 5.53. The van der Waals surface area contributed by atoms with Crippen LogP contribution < -0.4 is 21.3 Å². The predicted molar refractivity (Wildman–Crippen MR) is 128 cm³/mol. The summed E-state index contributed by atoms with van der Waals surface area (Å²) in [5.74, 6) is 0.765. The largest absolute Gasteiger partial charge is 0.364 e. The Kier molecular flexibility index (Phi) is 8.73. The monoisotopic (exact) mass is 439 g/mol. The highest BCUT2D eigenvalue weighted by Gasteiger charge is 2.30. The number of allylic oxidation sites excluding steroid dienone is 2. The average Bonchev–Trinajstić information content (AvgIpc) is 2.80. The van der Waals surface area contributed by atoms with Crippen molar-refractivity contribution in [3.8, 4) is 0 Å². The number of urea groups is 1. The molecule has 0 radical (unpaired) electrons. The summed E-state index contributed by atoms with van der Waals surface area (Å²) >= 11 is 0. The first-order chi connectivity index (χ1) is 15.5. The third-order valence-electron chi connectivity index (χ3n) is 5.90. The van der Waals surface area contributed by atoms with E-state index in [-0.39, 0.29) is 18.0 Å². The summed E-state index contributed by atoms with van der Waals surface area (Å²) in [7, 11) is 0. The zero-order valence-electron chi connectivity index (χ0n) is 19.6. The van der Waals surface area contributed by atoms with E-state index in [1.54, 1.807) is 0 Å². The third kappa shape index (κ3) is 6.13. The zero-order chi connectivity index (χ0) is 22.9. The van der Waals surface area contributed by atoms with Crippen LogP contribution in [0, 0.1) is 0 Å². The van der Waals surface area contributed by atoms with Crippen LogP contribution in [0.1, 0.15) is 44.7 Å². The van der Waals surface area contributed by atoms with Gasteiger partial charge in [0.15, 0.2) is 0 Å². The Hall–Kier alpha value is -2.80. The van der Waals surface area contributed by atoms with E-state index in [0.29, 0.717) is 31.9 Å². The number of rotatable bonds is 8. The number of amides is 3. The summed E-state index contributed by atoms with van der Waals surface area (Å²) in [6.45, 7) is 9.74. The zero-order valence-corrected chi connectivity index (χ0v) is 19.6. The van der Waals surface area contributed by atoms with Crippen LogP contribution in [0.4, 0.5) is 4.79 Å². The van der Waals surface area contributed by atoms with E-state index in [2.05, 4.69) is 59.4 Å². The smallest absolute Gasteiger partial charge is 0.320 e. The molecule has 3 rings (SSSR count). The first-order valence-electron chi connectivity index (χ1n) is 11.9. The molecule has 0 saturated carbocycles. The van der Waals surface area contributed by atoms with Gasteiger partial charge in [0.2, 0.25) is 0 Å². The lowest BCUT2D eigenvalue weighted by Crippen LogP contribution is -2.51. The number of hydrogen-bond acceptors (Lipinski definition) is 4. The number of piperazine rings is 1. The maximum absolute atomic E-state index is 13.4. The third-order valence-corrected chi connectivity index (χ3v) is 5.90. The van der Waals surface area contributed by atoms with E-state index in [4.69, 9.17) is 0 Å². The highest BCUT2D eigenvalue weighted by atomic mass is 16.2. The maximum Gasteiger partial charge on any atom is 0.320 e. The number of carbonyl (C=O) groups excluding carboxylic acids is 2. The SMILES string of the molecule is CCCc1cccc(CC2=C(NC(=O)NCC)NC(CC)C(C(=O)N3CCNCC3)=C2)c1. The van der Waals surface area contributed by atoms with E-state index in [9.17, 15) is 9.59 Å². The summed E-state index contributed by atoms with van der Waals surface area (Å²) in [4.78, 5) is 27.6. The molecule has 2 aliphatic rings. The first kappa shape index (κ1) is 23.9. The van der Waals surface area contributed by atoms with Crippen LogP contribution in [0.25, 0.3) is 0 Å². The van der Waals surface area contributed by atoms with Crippen LogP contribution in [-0.2, 0) is 17.6 Å². The van der Waals surface area contributed by atoms with Gasteiger partial charge in [-0.3, -0.25) is 10.1 Å². The fraction of sp³-hybridized carbons (Fsp3) is 0.520. The molecular weight excluding hydrogens is 402 g/mol. The number of carbonyl (C=O) groups is 2. The second kappa shape index (κ2) is 11.7. The molecule has 4 N–H and O–H groups in total. The van der Waals surface area contributed by atoms with Gasteiger partial charge in [0.05, 0.1) is 6.04 Å². The van der Waals surface area contributed by atoms with E-state index in [1.165, 1.54) is 11.1 Å². The van der Waals surface area contributed by atoms with Crippen LogP contribution in [0.5, 0.6) is 0 Å². The first-order valence-corrected chi connectivity index (χ1v) is 11.9. The normalized spacial score (nSPS) is 18.7. The van der Waals surface area contributed by atoms with Crippen LogP contribution >= 0.6 is 0 Å². The standard InChI is InChI=1S/C25H37N5O2/c1-4-8-18-9-7-10-19(15-18)16-20-17-21(24(31)30-13-11-26-12-14-30)22(5-2)28-23(20)29-25(32)27-6-3/h7,9-10,15,17,22,26,28H,4-6,8,11-14,16H2,1-3H3,(H2,27,29,32). The summed E-state index contributed by atoms with van der Waals surface area (Å²) < 4.78 is 0. The van der Waals surface area contributed by atoms with E-state index < -0.39 is 0 Å². The molecule has 2 aliphatic heterocycles. The molecule has 174 valence electrons. The molecule has 3 amide bonds. The minimum absolute atomic E-state index is 0.0835. The van der Waals surface area contributed by atoms with Crippen molar-refractivity contribution >= 4 is 11.9 Å². The topological polar surface area (TPSA) is 85.5 Å². The van der Waals surface area contributed by atoms with Gasteiger partial charge in [0, 0.05) is 44.7 Å². The van der Waals surface area contributed by atoms with Crippen LogP contribution in [0.15, 0.2) is 47.3 Å². The van der Waals surface area contributed by atoms with Crippen LogP contribution in [-0.4, -0.2) is 55.6 Å². The summed E-state index contributed by atoms with van der Waals surface area (Å²) in [5, 5.41) is 12.5. The van der Waals surface area contributed by atoms with Crippen molar-refractivity contribution in [2.45, 2.75) is 52.5 Å². The molecule has 0 spiro atoms. The fourth-order valence-corrected chi connectivity index (χ4v) is 4.27. The molecule has 2 heterocycles. The van der Waals surface area contributed by atoms with Crippen molar-refractivity contribution in [1.29, 1.82) is 0 Å². The Balaban J connectivity index is 1.93. The molecule has 0 aliphatic carbocycles. The number of dihydropyridines is 1. The van der Waals surface area contributed by atoms with Crippen molar-refractivity contribution in [3.05, 3.63) is 58.4 Å². The number of aryl methyl sites for hydroxylation is 1. The fourth-order valence-electron chi connectivity index (χ4n) is 4.27. The summed E-state index contributed by atoms with van der Waals surface area (Å²) in [6, 6.07) is 8.18. The van der Waals surface area contributed by atoms with Crippen molar-refractivity contribution < 1.29 is 9.59 Å². The van der Waals surface area contributed by atoms with Gasteiger partial charge < -0.3 is 20.9 Å². The highest BCUT2D eigenvalue weighted by Crippen LogP contribution is 2.24. The molecule has 1 atom stereocenters. The van der Waals surface area contributed by atoms with Gasteiger partial charge in [0.1, 0.15) is 5.82 Å². The Labute approximate surface area is 191 Å². The lowest BCUT2D eigenvalue weighted by atomic mass is 9.92. The van der Waals surface area contributed by atoms with Crippen molar-refractivity contribution in [3.63, 3.8) is 0 Å². The minimum atomic E-state index is -0.243. The second-order valence-electron chi connectivity index (χ2n) is 8.38. The summed E-state index contributed by atoms with van der Waals surface area (Å²) in [5.41, 5.74) is 4.17. The molecule has 1 aromatic carbocycles. The molecule has 1 unspecified atom stereocenters. The van der Waals surface area contributed by atoms with Crippen molar-refractivity contribution in [1.82, 2.24) is 26.2 Å². The second-order valence-corrected chi connectivity index (χ2v) is 8.38. The Morgan fingerprint density at radius 1 is 1.12 bits per heavy atom. The molecule has 7 heteroatoms. The predicted octanol–water partition coefficient (Wildman–Crippen LogP) is 2.45. The maximum atomic E-state index is 13.4. The van der Waals surface area contributed by atoms with Gasteiger partial charge in [-0.15, -0.1) is 0 Å². The van der Waals surface area contributed by atoms with E-state index in [1.807, 2.05) is 17.9 Å². The Morgan fingerprint density at radius 2 is 1.88 bits per heavy atom. The van der Waals surface area contributed by atoms with Crippen molar-refractivity contribution in [2.75, 3.05) is 32.7 Å². The molecule has 0 bridgehead atoms. The molecule has 1 fully saturated rings. The Morgan fingerprint density at radius 3 is 2.56 bits per heavy atom. The number of nitrogens with zero attached hydrogens (tertiary/aromatic N) is 1. The van der Waals surface area contributed by atoms with Gasteiger partial charge in [-0.2, -0.15) is 0 Å². The molecule has 32 heavy (non-hydrogen) atoms. The van der Waals surface area contributed by atoms with Crippen molar-refractivity contribution in [2.24, 2.45) is 0 Å². The van der Waals surface area contributed by atoms with Gasteiger partial charge in [0.25, 0.3) is 5.91 Å². The number of hydrogen-bond donors (Lipinski definition) is 4. The Bertz CT molecular complexity index is 871. The van der Waals surface area contributed by atoms with E-state index in [0.717, 1.165) is 43.5 Å². The van der Waals surface area contributed by atoms with Crippen LogP contribution in [0.2, 0.25) is 0 Å². The number of benzene rings is 1. The molecule has 1 aromatic rings. The van der Waals surface area contributed by atoms with Gasteiger partial charge in [-0.05, 0) is 42.5 Å².